The minimum absolute atomic E-state index is 0.178. The van der Waals surface area contributed by atoms with Gasteiger partial charge in [-0.25, -0.2) is 0 Å². The van der Waals surface area contributed by atoms with E-state index in [4.69, 9.17) is 42.1 Å². The van der Waals surface area contributed by atoms with E-state index in [-0.39, 0.29) is 6.61 Å². The van der Waals surface area contributed by atoms with Gasteiger partial charge in [-0.05, 0) is 0 Å². The van der Waals surface area contributed by atoms with Crippen LogP contribution in [0.1, 0.15) is 11.1 Å². The van der Waals surface area contributed by atoms with E-state index in [1.54, 1.807) is 48.5 Å². The molecule has 6 nitrogen and oxygen atoms in total. The van der Waals surface area contributed by atoms with Crippen LogP contribution >= 0.6 is 23.2 Å². The Balaban J connectivity index is 1.66. The molecule has 28 heavy (non-hydrogen) atoms. The average Bonchev–Trinajstić information content (AvgIpc) is 3.09. The van der Waals surface area contributed by atoms with Crippen molar-refractivity contribution in [3.63, 3.8) is 0 Å². The lowest BCUT2D eigenvalue weighted by Crippen LogP contribution is -2.52. The zero-order chi connectivity index (χ0) is 19.8. The van der Waals surface area contributed by atoms with Gasteiger partial charge in [0.2, 0.25) is 0 Å². The number of hydrogen-bond donors (Lipinski definition) is 2. The number of ether oxygens (including phenoxy) is 4. The van der Waals surface area contributed by atoms with Gasteiger partial charge in [-0.15, -0.1) is 0 Å². The number of rotatable bonds is 3. The van der Waals surface area contributed by atoms with Crippen molar-refractivity contribution in [3.8, 4) is 0 Å². The maximum atomic E-state index is 10.7. The van der Waals surface area contributed by atoms with E-state index in [9.17, 15) is 10.2 Å². The van der Waals surface area contributed by atoms with Crippen LogP contribution in [0.15, 0.2) is 60.7 Å². The molecule has 2 saturated heterocycles. The highest BCUT2D eigenvalue weighted by molar-refractivity contribution is 6.22. The SMILES string of the molecule is OC[C@@H]1OC(Cl)(c2ccccc2)OC[C@@H](O)[C@H]2OC(Cl)(c3ccccc3)O[C@@H]21. The molecule has 0 spiro atoms. The number of aliphatic hydroxyl groups is 2. The monoisotopic (exact) mass is 426 g/mol. The third-order valence-electron chi connectivity index (χ3n) is 4.80. The molecule has 2 aromatic carbocycles. The molecule has 6 atom stereocenters. The van der Waals surface area contributed by atoms with Gasteiger partial charge in [0.1, 0.15) is 24.4 Å². The second kappa shape index (κ2) is 7.89. The lowest BCUT2D eigenvalue weighted by molar-refractivity contribution is -0.265. The lowest BCUT2D eigenvalue weighted by atomic mass is 10.0. The zero-order valence-corrected chi connectivity index (χ0v) is 16.3. The summed E-state index contributed by atoms with van der Waals surface area (Å²) in [4.78, 5) is 0. The van der Waals surface area contributed by atoms with E-state index in [2.05, 4.69) is 0 Å². The van der Waals surface area contributed by atoms with Gasteiger partial charge in [0.25, 0.3) is 10.5 Å². The molecule has 2 heterocycles. The Morgan fingerprint density at radius 1 is 0.821 bits per heavy atom. The summed E-state index contributed by atoms with van der Waals surface area (Å²) in [6.45, 7) is -0.619. The number of benzene rings is 2. The van der Waals surface area contributed by atoms with Gasteiger partial charge in [-0.3, -0.25) is 0 Å². The van der Waals surface area contributed by atoms with E-state index in [0.29, 0.717) is 11.1 Å². The molecule has 8 heteroatoms. The zero-order valence-electron chi connectivity index (χ0n) is 14.8. The predicted octanol–water partition coefficient (Wildman–Crippen LogP) is 2.64. The van der Waals surface area contributed by atoms with Crippen LogP contribution in [0.3, 0.4) is 0 Å². The van der Waals surface area contributed by atoms with Gasteiger partial charge >= 0.3 is 0 Å². The van der Waals surface area contributed by atoms with Gasteiger partial charge in [-0.1, -0.05) is 83.9 Å². The van der Waals surface area contributed by atoms with Crippen molar-refractivity contribution in [3.05, 3.63) is 71.8 Å². The van der Waals surface area contributed by atoms with Crippen molar-refractivity contribution in [1.82, 2.24) is 0 Å². The number of halogens is 2. The van der Waals surface area contributed by atoms with Gasteiger partial charge in [0.15, 0.2) is 0 Å². The smallest absolute Gasteiger partial charge is 0.277 e. The topological polar surface area (TPSA) is 77.4 Å². The maximum absolute atomic E-state index is 10.7. The van der Waals surface area contributed by atoms with Crippen molar-refractivity contribution in [2.45, 2.75) is 34.9 Å². The van der Waals surface area contributed by atoms with E-state index in [1.165, 1.54) is 0 Å². The third-order valence-corrected chi connectivity index (χ3v) is 5.62. The molecular weight excluding hydrogens is 407 g/mol. The van der Waals surface area contributed by atoms with Crippen LogP contribution in [0.25, 0.3) is 0 Å². The van der Waals surface area contributed by atoms with Gasteiger partial charge in [0, 0.05) is 11.1 Å². The van der Waals surface area contributed by atoms with E-state index >= 15 is 0 Å². The highest BCUT2D eigenvalue weighted by Crippen LogP contribution is 2.46. The fraction of sp³-hybridized carbons (Fsp3) is 0.400. The highest BCUT2D eigenvalue weighted by Gasteiger charge is 2.56. The van der Waals surface area contributed by atoms with Crippen LogP contribution in [-0.4, -0.2) is 47.8 Å². The lowest BCUT2D eigenvalue weighted by Gasteiger charge is -2.38. The first kappa shape index (κ1) is 20.1. The van der Waals surface area contributed by atoms with Crippen LogP contribution in [-0.2, 0) is 29.4 Å². The molecular formula is C20H20Cl2O6. The van der Waals surface area contributed by atoms with E-state index in [0.717, 1.165) is 0 Å². The molecule has 2 unspecified atom stereocenters. The molecule has 2 aliphatic heterocycles. The molecule has 4 rings (SSSR count). The molecule has 2 aliphatic rings. The van der Waals surface area contributed by atoms with Gasteiger partial charge in [0.05, 0.1) is 13.2 Å². The standard InChI is InChI=1S/C20H20Cl2O6/c21-19(13-7-3-1-4-8-13)25-12-15(24)17-18(16(11-23)26-19)28-20(22,27-17)14-9-5-2-6-10-14/h1-10,15-18,23-24H,11-12H2/t15-,16+,17-,18-,19?,20?/m1/s1. The maximum Gasteiger partial charge on any atom is 0.277 e. The molecule has 0 saturated carbocycles. The number of aliphatic hydroxyl groups excluding tert-OH is 2. The quantitative estimate of drug-likeness (QED) is 0.734. The minimum atomic E-state index is -1.70. The van der Waals surface area contributed by atoms with Crippen molar-refractivity contribution >= 4 is 23.2 Å². The second-order valence-electron chi connectivity index (χ2n) is 6.69. The third kappa shape index (κ3) is 3.67. The summed E-state index contributed by atoms with van der Waals surface area (Å²) in [5.74, 6) is 0. The van der Waals surface area contributed by atoms with Crippen LogP contribution in [0.5, 0.6) is 0 Å². The van der Waals surface area contributed by atoms with Crippen LogP contribution in [0.4, 0.5) is 0 Å². The fourth-order valence-electron chi connectivity index (χ4n) is 3.38. The highest BCUT2D eigenvalue weighted by atomic mass is 35.5. The molecule has 2 N–H and O–H groups in total. The summed E-state index contributed by atoms with van der Waals surface area (Å²) in [5.41, 5.74) is 1.09. The Bertz CT molecular complexity index is 794. The fourth-order valence-corrected chi connectivity index (χ4v) is 4.02. The Morgan fingerprint density at radius 3 is 1.93 bits per heavy atom. The molecule has 0 radical (unpaired) electrons. The van der Waals surface area contributed by atoms with Crippen molar-refractivity contribution < 1.29 is 29.2 Å². The van der Waals surface area contributed by atoms with Gasteiger partial charge < -0.3 is 29.2 Å². The summed E-state index contributed by atoms with van der Waals surface area (Å²) in [7, 11) is 0. The van der Waals surface area contributed by atoms with Crippen molar-refractivity contribution in [1.29, 1.82) is 0 Å². The van der Waals surface area contributed by atoms with E-state index in [1.807, 2.05) is 12.1 Å². The Morgan fingerprint density at radius 2 is 1.36 bits per heavy atom. The van der Waals surface area contributed by atoms with E-state index < -0.39 is 41.5 Å². The molecule has 150 valence electrons. The normalized spacial score (nSPS) is 38.4. The first-order valence-electron chi connectivity index (χ1n) is 8.90. The van der Waals surface area contributed by atoms with Crippen LogP contribution in [0.2, 0.25) is 0 Å². The van der Waals surface area contributed by atoms with Crippen molar-refractivity contribution in [2.75, 3.05) is 13.2 Å². The molecule has 0 aliphatic carbocycles. The predicted molar refractivity (Wildman–Crippen MR) is 102 cm³/mol. The molecule has 0 bridgehead atoms. The summed E-state index contributed by atoms with van der Waals surface area (Å²) < 4.78 is 23.4. The minimum Gasteiger partial charge on any atom is -0.394 e. The summed E-state index contributed by atoms with van der Waals surface area (Å²) in [6, 6.07) is 17.8. The second-order valence-corrected chi connectivity index (χ2v) is 7.68. The number of hydrogen-bond acceptors (Lipinski definition) is 6. The first-order valence-corrected chi connectivity index (χ1v) is 9.66. The van der Waals surface area contributed by atoms with Gasteiger partial charge in [-0.2, -0.15) is 0 Å². The van der Waals surface area contributed by atoms with Crippen LogP contribution in [0, 0.1) is 0 Å². The molecule has 0 aromatic heterocycles. The Labute approximate surface area is 172 Å². The molecule has 0 amide bonds. The largest absolute Gasteiger partial charge is 0.394 e. The van der Waals surface area contributed by atoms with Crippen LogP contribution < -0.4 is 0 Å². The Hall–Kier alpha value is -1.22. The molecule has 2 fully saturated rings. The number of fused-ring (bicyclic) bond motifs is 1. The molecule has 2 aromatic rings. The van der Waals surface area contributed by atoms with Crippen molar-refractivity contribution in [2.24, 2.45) is 0 Å². The summed E-state index contributed by atoms with van der Waals surface area (Å²) >= 11 is 13.2. The average molecular weight is 427 g/mol. The first-order chi connectivity index (χ1) is 13.5. The number of alkyl halides is 2. The summed E-state index contributed by atoms with van der Waals surface area (Å²) in [5, 5.41) is 17.3. The Kier molecular flexibility index (Phi) is 5.66. The summed E-state index contributed by atoms with van der Waals surface area (Å²) in [6.07, 6.45) is -3.81.